The molecule has 1 spiro atoms. The Morgan fingerprint density at radius 3 is 2.53 bits per heavy atom. The molecule has 0 aromatic heterocycles. The van der Waals surface area contributed by atoms with Gasteiger partial charge in [-0.05, 0) is 42.7 Å². The number of likely N-dealkylation sites (tertiary alicyclic amines) is 1. The molecule has 3 aliphatic heterocycles. The van der Waals surface area contributed by atoms with Gasteiger partial charge >= 0.3 is 0 Å². The Balaban J connectivity index is 1.56. The smallest absolute Gasteiger partial charge is 0.250 e. The SMILES string of the molecule is CNC(=O)[C@H]1[C@H]2C(=O)N([C@@H](CO)Cc3ccccc3)C(C(=O)Nc3ccc(Cl)cc3)C23CC(Br)[C@@H]1O3. The van der Waals surface area contributed by atoms with Crippen LogP contribution in [0, 0.1) is 11.8 Å². The molecule has 2 aromatic rings. The highest BCUT2D eigenvalue weighted by atomic mass is 79.9. The summed E-state index contributed by atoms with van der Waals surface area (Å²) in [7, 11) is 1.53. The van der Waals surface area contributed by atoms with Crippen molar-refractivity contribution in [2.45, 2.75) is 41.5 Å². The molecule has 10 heteroatoms. The van der Waals surface area contributed by atoms with E-state index in [1.54, 1.807) is 24.3 Å². The lowest BCUT2D eigenvalue weighted by atomic mass is 9.70. The first-order valence-electron chi connectivity index (χ1n) is 11.9. The minimum absolute atomic E-state index is 0.198. The molecule has 3 aliphatic rings. The van der Waals surface area contributed by atoms with E-state index < -0.39 is 41.5 Å². The quantitative estimate of drug-likeness (QED) is 0.439. The highest BCUT2D eigenvalue weighted by Gasteiger charge is 2.77. The van der Waals surface area contributed by atoms with Crippen molar-refractivity contribution in [1.29, 1.82) is 0 Å². The number of ether oxygens (including phenoxy) is 1. The molecule has 5 rings (SSSR count). The van der Waals surface area contributed by atoms with E-state index in [4.69, 9.17) is 16.3 Å². The van der Waals surface area contributed by atoms with Crippen molar-refractivity contribution >= 4 is 50.9 Å². The number of halogens is 2. The van der Waals surface area contributed by atoms with Crippen molar-refractivity contribution < 1.29 is 24.2 Å². The summed E-state index contributed by atoms with van der Waals surface area (Å²) >= 11 is 9.63. The monoisotopic (exact) mass is 575 g/mol. The number of aliphatic hydroxyl groups is 1. The lowest BCUT2D eigenvalue weighted by Gasteiger charge is -2.37. The zero-order valence-corrected chi connectivity index (χ0v) is 21.9. The zero-order valence-electron chi connectivity index (χ0n) is 19.6. The van der Waals surface area contributed by atoms with Crippen LogP contribution >= 0.6 is 27.5 Å². The summed E-state index contributed by atoms with van der Waals surface area (Å²) in [4.78, 5) is 42.1. The highest BCUT2D eigenvalue weighted by Crippen LogP contribution is 2.60. The van der Waals surface area contributed by atoms with Crippen LogP contribution in [0.4, 0.5) is 5.69 Å². The number of nitrogens with one attached hydrogen (secondary N) is 2. The number of hydrogen-bond donors (Lipinski definition) is 3. The van der Waals surface area contributed by atoms with Crippen molar-refractivity contribution in [3.63, 3.8) is 0 Å². The van der Waals surface area contributed by atoms with Crippen LogP contribution in [0.2, 0.25) is 5.02 Å². The normalized spacial score (nSPS) is 31.3. The van der Waals surface area contributed by atoms with Crippen LogP contribution in [0.15, 0.2) is 54.6 Å². The Labute approximate surface area is 222 Å². The number of carbonyl (C=O) groups is 3. The molecule has 0 aliphatic carbocycles. The van der Waals surface area contributed by atoms with Crippen LogP contribution in [0.5, 0.6) is 0 Å². The molecule has 3 amide bonds. The minimum Gasteiger partial charge on any atom is -0.394 e. The molecular weight excluding hydrogens is 550 g/mol. The second-order valence-electron chi connectivity index (χ2n) is 9.55. The van der Waals surface area contributed by atoms with E-state index in [-0.39, 0.29) is 23.2 Å². The molecule has 190 valence electrons. The average molecular weight is 577 g/mol. The van der Waals surface area contributed by atoms with E-state index in [9.17, 15) is 19.5 Å². The van der Waals surface area contributed by atoms with Gasteiger partial charge in [0, 0.05) is 22.6 Å². The van der Waals surface area contributed by atoms with Crippen LogP contribution < -0.4 is 10.6 Å². The van der Waals surface area contributed by atoms with Crippen LogP contribution in [0.1, 0.15) is 12.0 Å². The maximum Gasteiger partial charge on any atom is 0.250 e. The molecule has 3 unspecified atom stereocenters. The number of carbonyl (C=O) groups excluding carboxylic acids is 3. The third-order valence-electron chi connectivity index (χ3n) is 7.55. The van der Waals surface area contributed by atoms with Gasteiger partial charge in [0.1, 0.15) is 11.6 Å². The van der Waals surface area contributed by atoms with Gasteiger partial charge in [-0.25, -0.2) is 0 Å². The molecule has 3 saturated heterocycles. The first-order valence-corrected chi connectivity index (χ1v) is 13.2. The maximum atomic E-state index is 14.1. The van der Waals surface area contributed by atoms with E-state index in [1.165, 1.54) is 11.9 Å². The van der Waals surface area contributed by atoms with Gasteiger partial charge in [-0.1, -0.05) is 57.9 Å². The number of amides is 3. The van der Waals surface area contributed by atoms with Crippen LogP contribution in [-0.2, 0) is 25.5 Å². The summed E-state index contributed by atoms with van der Waals surface area (Å²) in [6.07, 6.45) is 0.205. The number of aliphatic hydroxyl groups excluding tert-OH is 1. The number of benzene rings is 2. The number of hydrogen-bond acceptors (Lipinski definition) is 5. The largest absolute Gasteiger partial charge is 0.394 e. The molecule has 7 atom stereocenters. The zero-order chi connectivity index (χ0) is 25.6. The fourth-order valence-corrected chi connectivity index (χ4v) is 7.18. The van der Waals surface area contributed by atoms with Crippen molar-refractivity contribution in [3.8, 4) is 0 Å². The van der Waals surface area contributed by atoms with Crippen molar-refractivity contribution in [2.75, 3.05) is 19.0 Å². The van der Waals surface area contributed by atoms with Crippen LogP contribution in [0.25, 0.3) is 0 Å². The number of nitrogens with zero attached hydrogens (tertiary/aromatic N) is 1. The molecule has 2 aromatic carbocycles. The second kappa shape index (κ2) is 9.78. The lowest BCUT2D eigenvalue weighted by molar-refractivity contribution is -0.143. The molecule has 0 radical (unpaired) electrons. The van der Waals surface area contributed by atoms with Gasteiger partial charge in [0.15, 0.2) is 0 Å². The molecule has 36 heavy (non-hydrogen) atoms. The molecular formula is C26H27BrClN3O5. The van der Waals surface area contributed by atoms with E-state index in [1.807, 2.05) is 30.3 Å². The average Bonchev–Trinajstić information content (AvgIpc) is 3.47. The van der Waals surface area contributed by atoms with Gasteiger partial charge < -0.3 is 25.4 Å². The Bertz CT molecular complexity index is 1170. The summed E-state index contributed by atoms with van der Waals surface area (Å²) in [6, 6.07) is 14.4. The van der Waals surface area contributed by atoms with E-state index >= 15 is 0 Å². The number of rotatable bonds is 7. The van der Waals surface area contributed by atoms with E-state index in [2.05, 4.69) is 26.6 Å². The van der Waals surface area contributed by atoms with Crippen LogP contribution in [0.3, 0.4) is 0 Å². The number of alkyl halides is 1. The van der Waals surface area contributed by atoms with Crippen molar-refractivity contribution in [3.05, 3.63) is 65.2 Å². The van der Waals surface area contributed by atoms with Crippen molar-refractivity contribution in [1.82, 2.24) is 10.2 Å². The fraction of sp³-hybridized carbons (Fsp3) is 0.423. The summed E-state index contributed by atoms with van der Waals surface area (Å²) in [5.41, 5.74) is 0.238. The number of anilines is 1. The summed E-state index contributed by atoms with van der Waals surface area (Å²) in [6.45, 7) is -0.347. The lowest BCUT2D eigenvalue weighted by Crippen LogP contribution is -2.57. The first kappa shape index (κ1) is 25.2. The summed E-state index contributed by atoms with van der Waals surface area (Å²) < 4.78 is 6.43. The Morgan fingerprint density at radius 1 is 1.19 bits per heavy atom. The Morgan fingerprint density at radius 2 is 1.89 bits per heavy atom. The molecule has 3 fully saturated rings. The number of fused-ring (bicyclic) bond motifs is 1. The predicted molar refractivity (Wildman–Crippen MR) is 138 cm³/mol. The summed E-state index contributed by atoms with van der Waals surface area (Å²) in [5, 5.41) is 16.5. The highest BCUT2D eigenvalue weighted by molar-refractivity contribution is 9.09. The first-order chi connectivity index (χ1) is 17.3. The van der Waals surface area contributed by atoms with Gasteiger partial charge in [0.2, 0.25) is 17.7 Å². The third kappa shape index (κ3) is 4.02. The Kier molecular flexibility index (Phi) is 6.84. The molecule has 2 bridgehead atoms. The molecule has 3 N–H and O–H groups in total. The van der Waals surface area contributed by atoms with Crippen molar-refractivity contribution in [2.24, 2.45) is 11.8 Å². The topological polar surface area (TPSA) is 108 Å². The van der Waals surface area contributed by atoms with Gasteiger partial charge in [0.25, 0.3) is 0 Å². The van der Waals surface area contributed by atoms with Gasteiger partial charge in [-0.3, -0.25) is 14.4 Å². The molecule has 3 heterocycles. The fourth-order valence-electron chi connectivity index (χ4n) is 6.11. The van der Waals surface area contributed by atoms with Gasteiger partial charge in [0.05, 0.1) is 30.6 Å². The standard InChI is InChI=1S/C26H27BrClN3O5/c1-29-23(33)19-20-25(35)31(17(13-32)11-14-5-3-2-4-6-14)22(26(20)12-18(27)21(19)36-26)24(34)30-16-9-7-15(28)8-10-16/h2-10,17-22,32H,11-13H2,1H3,(H,29,33)(H,30,34)/t17-,18?,19+,20+,21+,22?,26?/m1/s1. The molecule has 0 saturated carbocycles. The minimum atomic E-state index is -1.20. The van der Waals surface area contributed by atoms with Gasteiger partial charge in [-0.15, -0.1) is 0 Å². The third-order valence-corrected chi connectivity index (χ3v) is 8.65. The Hall–Kier alpha value is -2.46. The van der Waals surface area contributed by atoms with Gasteiger partial charge in [-0.2, -0.15) is 0 Å². The maximum absolute atomic E-state index is 14.1. The second-order valence-corrected chi connectivity index (χ2v) is 11.2. The van der Waals surface area contributed by atoms with Crippen LogP contribution in [-0.4, -0.2) is 70.0 Å². The predicted octanol–water partition coefficient (Wildman–Crippen LogP) is 2.38. The van der Waals surface area contributed by atoms with E-state index in [0.29, 0.717) is 23.6 Å². The summed E-state index contributed by atoms with van der Waals surface area (Å²) in [5.74, 6) is -2.66. The molecule has 8 nitrogen and oxygen atoms in total. The van der Waals surface area contributed by atoms with E-state index in [0.717, 1.165) is 5.56 Å².